The van der Waals surface area contributed by atoms with Crippen molar-refractivity contribution in [3.05, 3.63) is 28.2 Å². The van der Waals surface area contributed by atoms with Crippen LogP contribution in [0.5, 0.6) is 5.75 Å². The van der Waals surface area contributed by atoms with Crippen molar-refractivity contribution in [3.8, 4) is 11.8 Å². The van der Waals surface area contributed by atoms with Crippen molar-refractivity contribution in [2.75, 3.05) is 20.7 Å². The number of likely N-dealkylation sites (N-methyl/N-ethyl adjacent to an activating group) is 1. The SMILES string of the molecule is COc1ccc(CCN(C)C(=O)C2(C#N)CC2)cc1Br. The van der Waals surface area contributed by atoms with E-state index in [1.165, 1.54) is 0 Å². The Labute approximate surface area is 127 Å². The molecule has 1 aliphatic rings. The number of methoxy groups -OCH3 is 1. The van der Waals surface area contributed by atoms with Crippen LogP contribution in [-0.2, 0) is 11.2 Å². The summed E-state index contributed by atoms with van der Waals surface area (Å²) in [5.41, 5.74) is 0.397. The zero-order valence-electron chi connectivity index (χ0n) is 11.6. The Kier molecular flexibility index (Phi) is 4.34. The van der Waals surface area contributed by atoms with Gasteiger partial charge in [0.25, 0.3) is 0 Å². The summed E-state index contributed by atoms with van der Waals surface area (Å²) in [6.07, 6.45) is 2.15. The van der Waals surface area contributed by atoms with Gasteiger partial charge in [-0.05, 0) is 52.9 Å². The zero-order valence-corrected chi connectivity index (χ0v) is 13.2. The van der Waals surface area contributed by atoms with Gasteiger partial charge >= 0.3 is 0 Å². The van der Waals surface area contributed by atoms with Gasteiger partial charge < -0.3 is 9.64 Å². The lowest BCUT2D eigenvalue weighted by Crippen LogP contribution is -2.34. The van der Waals surface area contributed by atoms with Crippen molar-refractivity contribution < 1.29 is 9.53 Å². The van der Waals surface area contributed by atoms with E-state index in [-0.39, 0.29) is 5.91 Å². The summed E-state index contributed by atoms with van der Waals surface area (Å²) in [6, 6.07) is 8.02. The number of amides is 1. The Bertz CT molecular complexity index is 561. The molecule has 2 rings (SSSR count). The van der Waals surface area contributed by atoms with Crippen LogP contribution in [0.15, 0.2) is 22.7 Å². The van der Waals surface area contributed by atoms with E-state index < -0.39 is 5.41 Å². The number of rotatable bonds is 5. The van der Waals surface area contributed by atoms with E-state index in [1.807, 2.05) is 18.2 Å². The first kappa shape index (κ1) is 14.9. The van der Waals surface area contributed by atoms with Crippen LogP contribution in [0.25, 0.3) is 0 Å². The molecule has 0 aliphatic heterocycles. The smallest absolute Gasteiger partial charge is 0.242 e. The first-order valence-corrected chi connectivity index (χ1v) is 7.31. The van der Waals surface area contributed by atoms with Crippen LogP contribution < -0.4 is 4.74 Å². The summed E-state index contributed by atoms with van der Waals surface area (Å²) in [5.74, 6) is 0.743. The van der Waals surface area contributed by atoms with E-state index in [0.717, 1.165) is 22.2 Å². The molecule has 0 N–H and O–H groups in total. The van der Waals surface area contributed by atoms with E-state index in [4.69, 9.17) is 10.00 Å². The molecule has 1 fully saturated rings. The molecule has 0 radical (unpaired) electrons. The molecule has 0 atom stereocenters. The Balaban J connectivity index is 1.94. The molecular weight excluding hydrogens is 320 g/mol. The summed E-state index contributed by atoms with van der Waals surface area (Å²) >= 11 is 3.45. The lowest BCUT2D eigenvalue weighted by Gasteiger charge is -2.19. The second-order valence-electron chi connectivity index (χ2n) is 5.14. The Morgan fingerprint density at radius 3 is 2.75 bits per heavy atom. The highest BCUT2D eigenvalue weighted by Crippen LogP contribution is 2.46. The average Bonchev–Trinajstić information content (AvgIpc) is 3.25. The molecule has 0 spiro atoms. The topological polar surface area (TPSA) is 53.3 Å². The number of nitrogens with zero attached hydrogens (tertiary/aromatic N) is 2. The number of carbonyl (C=O) groups excluding carboxylic acids is 1. The van der Waals surface area contributed by atoms with Crippen molar-refractivity contribution in [2.24, 2.45) is 5.41 Å². The van der Waals surface area contributed by atoms with Gasteiger partial charge in [-0.1, -0.05) is 6.07 Å². The number of ether oxygens (including phenoxy) is 1. The first-order valence-electron chi connectivity index (χ1n) is 6.51. The van der Waals surface area contributed by atoms with Crippen LogP contribution in [0.2, 0.25) is 0 Å². The van der Waals surface area contributed by atoms with Gasteiger partial charge in [0, 0.05) is 13.6 Å². The lowest BCUT2D eigenvalue weighted by molar-refractivity contribution is -0.133. The Hall–Kier alpha value is -1.54. The molecule has 0 bridgehead atoms. The highest BCUT2D eigenvalue weighted by Gasteiger charge is 2.51. The Morgan fingerprint density at radius 1 is 1.55 bits per heavy atom. The van der Waals surface area contributed by atoms with Crippen LogP contribution in [0.3, 0.4) is 0 Å². The van der Waals surface area contributed by atoms with Crippen LogP contribution in [0.1, 0.15) is 18.4 Å². The van der Waals surface area contributed by atoms with Crippen molar-refractivity contribution in [3.63, 3.8) is 0 Å². The molecule has 1 aromatic rings. The molecule has 0 heterocycles. The highest BCUT2D eigenvalue weighted by atomic mass is 79.9. The van der Waals surface area contributed by atoms with E-state index in [0.29, 0.717) is 19.4 Å². The third-order valence-electron chi connectivity index (χ3n) is 3.67. The van der Waals surface area contributed by atoms with Crippen molar-refractivity contribution in [2.45, 2.75) is 19.3 Å². The quantitative estimate of drug-likeness (QED) is 0.830. The molecule has 1 aliphatic carbocycles. The van der Waals surface area contributed by atoms with Crippen LogP contribution >= 0.6 is 15.9 Å². The van der Waals surface area contributed by atoms with Gasteiger partial charge in [-0.3, -0.25) is 4.79 Å². The number of hydrogen-bond donors (Lipinski definition) is 0. The minimum Gasteiger partial charge on any atom is -0.496 e. The molecule has 0 saturated heterocycles. The number of halogens is 1. The van der Waals surface area contributed by atoms with Crippen molar-refractivity contribution in [1.82, 2.24) is 4.90 Å². The minimum absolute atomic E-state index is 0.0485. The number of nitriles is 1. The van der Waals surface area contributed by atoms with Gasteiger partial charge in [0.2, 0.25) is 5.91 Å². The van der Waals surface area contributed by atoms with E-state index in [9.17, 15) is 4.79 Å². The monoisotopic (exact) mass is 336 g/mol. The van der Waals surface area contributed by atoms with Gasteiger partial charge in [0.15, 0.2) is 0 Å². The second kappa shape index (κ2) is 5.84. The number of hydrogen-bond acceptors (Lipinski definition) is 3. The van der Waals surface area contributed by atoms with Crippen molar-refractivity contribution in [1.29, 1.82) is 5.26 Å². The first-order chi connectivity index (χ1) is 9.52. The minimum atomic E-state index is -0.727. The molecule has 1 aromatic carbocycles. The molecule has 4 nitrogen and oxygen atoms in total. The number of carbonyl (C=O) groups is 1. The van der Waals surface area contributed by atoms with E-state index >= 15 is 0 Å². The molecule has 20 heavy (non-hydrogen) atoms. The fourth-order valence-electron chi connectivity index (χ4n) is 2.13. The van der Waals surface area contributed by atoms with Gasteiger partial charge in [-0.2, -0.15) is 5.26 Å². The maximum atomic E-state index is 12.1. The molecule has 5 heteroatoms. The Morgan fingerprint density at radius 2 is 2.25 bits per heavy atom. The van der Waals surface area contributed by atoms with Gasteiger partial charge in [0.05, 0.1) is 17.7 Å². The predicted octanol–water partition coefficient (Wildman–Crippen LogP) is 2.76. The van der Waals surface area contributed by atoms with Crippen LogP contribution in [-0.4, -0.2) is 31.5 Å². The highest BCUT2D eigenvalue weighted by molar-refractivity contribution is 9.10. The average molecular weight is 337 g/mol. The molecule has 1 saturated carbocycles. The van der Waals surface area contributed by atoms with Crippen molar-refractivity contribution >= 4 is 21.8 Å². The number of benzene rings is 1. The van der Waals surface area contributed by atoms with Gasteiger partial charge in [-0.15, -0.1) is 0 Å². The summed E-state index contributed by atoms with van der Waals surface area (Å²) in [5, 5.41) is 9.04. The summed E-state index contributed by atoms with van der Waals surface area (Å²) < 4.78 is 6.09. The maximum absolute atomic E-state index is 12.1. The molecular formula is C15H17BrN2O2. The van der Waals surface area contributed by atoms with Crippen LogP contribution in [0, 0.1) is 16.7 Å². The largest absolute Gasteiger partial charge is 0.496 e. The predicted molar refractivity (Wildman–Crippen MR) is 79.3 cm³/mol. The molecule has 1 amide bonds. The fraction of sp³-hybridized carbons (Fsp3) is 0.467. The third-order valence-corrected chi connectivity index (χ3v) is 4.29. The standard InChI is InChI=1S/C15H17BrN2O2/c1-18(14(19)15(10-17)6-7-15)8-5-11-3-4-13(20-2)12(16)9-11/h3-4,9H,5-8H2,1-2H3. The van der Waals surface area contributed by atoms with E-state index in [2.05, 4.69) is 22.0 Å². The summed E-state index contributed by atoms with van der Waals surface area (Å²) in [7, 11) is 3.39. The van der Waals surface area contributed by atoms with Gasteiger partial charge in [0.1, 0.15) is 11.2 Å². The molecule has 106 valence electrons. The molecule has 0 unspecified atom stereocenters. The maximum Gasteiger partial charge on any atom is 0.242 e. The second-order valence-corrected chi connectivity index (χ2v) is 5.99. The van der Waals surface area contributed by atoms with Crippen LogP contribution in [0.4, 0.5) is 0 Å². The third kappa shape index (κ3) is 2.96. The lowest BCUT2D eigenvalue weighted by atomic mass is 10.1. The van der Waals surface area contributed by atoms with Gasteiger partial charge in [-0.25, -0.2) is 0 Å². The fourth-order valence-corrected chi connectivity index (χ4v) is 2.72. The molecule has 0 aromatic heterocycles. The van der Waals surface area contributed by atoms with E-state index in [1.54, 1.807) is 19.1 Å². The normalized spacial score (nSPS) is 15.3. The summed E-state index contributed by atoms with van der Waals surface area (Å²) in [4.78, 5) is 13.8. The zero-order chi connectivity index (χ0) is 14.8. The summed E-state index contributed by atoms with van der Waals surface area (Å²) in [6.45, 7) is 0.612.